The van der Waals surface area contributed by atoms with Crippen molar-refractivity contribution in [2.45, 2.75) is 52.7 Å². The number of aromatic nitrogens is 1. The molecule has 0 aliphatic heterocycles. The first-order chi connectivity index (χ1) is 8.48. The van der Waals surface area contributed by atoms with Crippen molar-refractivity contribution < 1.29 is 9.13 Å². The molecule has 1 aromatic heterocycles. The molecule has 0 aliphatic carbocycles. The average molecular weight is 254 g/mol. The molecule has 0 saturated carbocycles. The van der Waals surface area contributed by atoms with Crippen molar-refractivity contribution in [3.63, 3.8) is 0 Å². The van der Waals surface area contributed by atoms with E-state index in [1.54, 1.807) is 0 Å². The van der Waals surface area contributed by atoms with Gasteiger partial charge in [0.05, 0.1) is 6.20 Å². The van der Waals surface area contributed by atoms with Crippen LogP contribution in [0.25, 0.3) is 0 Å². The highest BCUT2D eigenvalue weighted by Gasteiger charge is 2.19. The minimum atomic E-state index is -0.329. The highest BCUT2D eigenvalue weighted by atomic mass is 19.1. The van der Waals surface area contributed by atoms with E-state index < -0.39 is 0 Å². The Kier molecular flexibility index (Phi) is 5.54. The molecule has 0 amide bonds. The van der Waals surface area contributed by atoms with Gasteiger partial charge in [-0.2, -0.15) is 0 Å². The molecule has 0 aromatic carbocycles. The molecule has 0 atom stereocenters. The molecule has 0 unspecified atom stereocenters. The van der Waals surface area contributed by atoms with E-state index in [0.29, 0.717) is 12.4 Å². The molecule has 0 saturated heterocycles. The van der Waals surface area contributed by atoms with Crippen molar-refractivity contribution in [1.29, 1.82) is 0 Å². The first-order valence-corrected chi connectivity index (χ1v) is 6.52. The van der Waals surface area contributed by atoms with Gasteiger partial charge in [0.25, 0.3) is 0 Å². The van der Waals surface area contributed by atoms with Gasteiger partial charge in [-0.15, -0.1) is 0 Å². The van der Waals surface area contributed by atoms with Crippen LogP contribution in [0.5, 0.6) is 5.88 Å². The van der Waals surface area contributed by atoms with Crippen molar-refractivity contribution in [3.05, 3.63) is 23.6 Å². The minimum Gasteiger partial charge on any atom is -0.471 e. The van der Waals surface area contributed by atoms with Gasteiger partial charge >= 0.3 is 0 Å². The van der Waals surface area contributed by atoms with Crippen LogP contribution >= 0.6 is 0 Å². The summed E-state index contributed by atoms with van der Waals surface area (Å²) in [6, 6.07) is 1.48. The molecule has 3 nitrogen and oxygen atoms in total. The maximum atomic E-state index is 13.2. The van der Waals surface area contributed by atoms with Crippen LogP contribution in [0.4, 0.5) is 4.39 Å². The summed E-state index contributed by atoms with van der Waals surface area (Å²) in [6.07, 6.45) is 3.11. The van der Waals surface area contributed by atoms with Crippen molar-refractivity contribution in [2.75, 3.05) is 6.54 Å². The second-order valence-corrected chi connectivity index (χ2v) is 5.01. The molecule has 1 heterocycles. The van der Waals surface area contributed by atoms with Gasteiger partial charge in [0.15, 0.2) is 0 Å². The zero-order chi connectivity index (χ0) is 13.6. The van der Waals surface area contributed by atoms with Crippen LogP contribution in [0.2, 0.25) is 0 Å². The Hall–Kier alpha value is -1.16. The van der Waals surface area contributed by atoms with E-state index in [4.69, 9.17) is 4.74 Å². The summed E-state index contributed by atoms with van der Waals surface area (Å²) in [5.74, 6) is 0.191. The van der Waals surface area contributed by atoms with E-state index >= 15 is 0 Å². The minimum absolute atomic E-state index is 0.287. The third kappa shape index (κ3) is 4.61. The number of rotatable bonds is 7. The second kappa shape index (κ2) is 6.69. The molecule has 0 bridgehead atoms. The second-order valence-electron chi connectivity index (χ2n) is 5.01. The fourth-order valence-electron chi connectivity index (χ4n) is 1.42. The van der Waals surface area contributed by atoms with E-state index in [1.807, 2.05) is 13.8 Å². The number of pyridine rings is 1. The van der Waals surface area contributed by atoms with E-state index in [9.17, 15) is 4.39 Å². The number of ether oxygens (including phenoxy) is 1. The smallest absolute Gasteiger partial charge is 0.218 e. The van der Waals surface area contributed by atoms with Crippen LogP contribution in [0.3, 0.4) is 0 Å². The van der Waals surface area contributed by atoms with Crippen LogP contribution in [-0.4, -0.2) is 17.1 Å². The zero-order valence-electron chi connectivity index (χ0n) is 11.7. The molecule has 1 N–H and O–H groups in total. The molecule has 4 heteroatoms. The normalized spacial score (nSPS) is 11.6. The Morgan fingerprint density at radius 2 is 2.11 bits per heavy atom. The first kappa shape index (κ1) is 14.9. The Morgan fingerprint density at radius 1 is 1.39 bits per heavy atom. The summed E-state index contributed by atoms with van der Waals surface area (Å²) in [5.41, 5.74) is 0.481. The molecule has 0 radical (unpaired) electrons. The molecule has 0 fully saturated rings. The molecular formula is C14H23FN2O. The zero-order valence-corrected chi connectivity index (χ0v) is 11.7. The molecule has 18 heavy (non-hydrogen) atoms. The third-order valence-corrected chi connectivity index (χ3v) is 2.86. The summed E-state index contributed by atoms with van der Waals surface area (Å²) < 4.78 is 19.1. The van der Waals surface area contributed by atoms with E-state index in [1.165, 1.54) is 12.3 Å². The number of halogens is 1. The molecule has 0 spiro atoms. The van der Waals surface area contributed by atoms with Crippen LogP contribution in [0.1, 0.15) is 46.1 Å². The predicted molar refractivity (Wildman–Crippen MR) is 71.2 cm³/mol. The van der Waals surface area contributed by atoms with E-state index in [0.717, 1.165) is 24.9 Å². The van der Waals surface area contributed by atoms with Crippen LogP contribution in [-0.2, 0) is 6.54 Å². The average Bonchev–Trinajstić information content (AvgIpc) is 2.33. The summed E-state index contributed by atoms with van der Waals surface area (Å²) >= 11 is 0. The fraction of sp³-hybridized carbons (Fsp3) is 0.643. The van der Waals surface area contributed by atoms with E-state index in [-0.39, 0.29) is 11.4 Å². The van der Waals surface area contributed by atoms with Gasteiger partial charge in [-0.25, -0.2) is 9.37 Å². The summed E-state index contributed by atoms with van der Waals surface area (Å²) in [5, 5.41) is 3.24. The summed E-state index contributed by atoms with van der Waals surface area (Å²) in [4.78, 5) is 4.05. The lowest BCUT2D eigenvalue weighted by atomic mass is 10.1. The molecular weight excluding hydrogens is 231 g/mol. The Morgan fingerprint density at radius 3 is 2.72 bits per heavy atom. The Labute approximate surface area is 109 Å². The van der Waals surface area contributed by atoms with Gasteiger partial charge in [0.1, 0.15) is 11.4 Å². The van der Waals surface area contributed by atoms with Gasteiger partial charge in [-0.3, -0.25) is 0 Å². The number of nitrogens with one attached hydrogen (secondary N) is 1. The maximum Gasteiger partial charge on any atom is 0.218 e. The van der Waals surface area contributed by atoms with Gasteiger partial charge in [-0.05, 0) is 39.3 Å². The van der Waals surface area contributed by atoms with Gasteiger partial charge in [0, 0.05) is 12.1 Å². The fourth-order valence-corrected chi connectivity index (χ4v) is 1.42. The van der Waals surface area contributed by atoms with Crippen LogP contribution in [0, 0.1) is 5.82 Å². The van der Waals surface area contributed by atoms with Crippen molar-refractivity contribution in [3.8, 4) is 5.88 Å². The van der Waals surface area contributed by atoms with Gasteiger partial charge < -0.3 is 10.1 Å². The number of hydrogen-bond donors (Lipinski definition) is 1. The highest BCUT2D eigenvalue weighted by molar-refractivity contribution is 5.26. The van der Waals surface area contributed by atoms with Gasteiger partial charge in [-0.1, -0.05) is 13.8 Å². The lowest BCUT2D eigenvalue weighted by molar-refractivity contribution is 0.0971. The number of hydrogen-bond acceptors (Lipinski definition) is 3. The van der Waals surface area contributed by atoms with Crippen molar-refractivity contribution in [1.82, 2.24) is 10.3 Å². The van der Waals surface area contributed by atoms with Crippen LogP contribution < -0.4 is 10.1 Å². The lowest BCUT2D eigenvalue weighted by Crippen LogP contribution is -2.28. The van der Waals surface area contributed by atoms with Gasteiger partial charge in [0.2, 0.25) is 5.88 Å². The first-order valence-electron chi connectivity index (χ1n) is 6.52. The third-order valence-electron chi connectivity index (χ3n) is 2.86. The maximum absolute atomic E-state index is 13.2. The largest absolute Gasteiger partial charge is 0.471 e. The quantitative estimate of drug-likeness (QED) is 0.758. The monoisotopic (exact) mass is 254 g/mol. The Balaban J connectivity index is 2.82. The highest BCUT2D eigenvalue weighted by Crippen LogP contribution is 2.23. The van der Waals surface area contributed by atoms with Crippen LogP contribution in [0.15, 0.2) is 12.3 Å². The lowest BCUT2D eigenvalue weighted by Gasteiger charge is -2.25. The summed E-state index contributed by atoms with van der Waals surface area (Å²) in [7, 11) is 0. The number of nitrogens with zero attached hydrogens (tertiary/aromatic N) is 1. The molecule has 0 aliphatic rings. The van der Waals surface area contributed by atoms with Crippen molar-refractivity contribution in [2.24, 2.45) is 0 Å². The Bertz CT molecular complexity index is 380. The SMILES string of the molecule is CCCNCc1cc(F)cnc1OC(C)(C)CC. The predicted octanol–water partition coefficient (Wildman–Crippen LogP) is 3.29. The van der Waals surface area contributed by atoms with E-state index in [2.05, 4.69) is 24.1 Å². The summed E-state index contributed by atoms with van der Waals surface area (Å²) in [6.45, 7) is 9.62. The molecule has 1 aromatic rings. The standard InChI is InChI=1S/C14H23FN2O/c1-5-7-16-9-11-8-12(15)10-17-13(11)18-14(3,4)6-2/h8,10,16H,5-7,9H2,1-4H3. The molecule has 1 rings (SSSR count). The van der Waals surface area contributed by atoms with Crippen molar-refractivity contribution >= 4 is 0 Å². The molecule has 102 valence electrons. The topological polar surface area (TPSA) is 34.2 Å².